The highest BCUT2D eigenvalue weighted by Gasteiger charge is 2.20. The van der Waals surface area contributed by atoms with Crippen LogP contribution in [0.5, 0.6) is 0 Å². The fourth-order valence-electron chi connectivity index (χ4n) is 1.11. The Kier molecular flexibility index (Phi) is 2.30. The number of nitrogens with zero attached hydrogens (tertiary/aromatic N) is 3. The summed E-state index contributed by atoms with van der Waals surface area (Å²) in [5.74, 6) is 0. The smallest absolute Gasteiger partial charge is 0.271 e. The summed E-state index contributed by atoms with van der Waals surface area (Å²) in [7, 11) is 0. The van der Waals surface area contributed by atoms with Crippen LogP contribution in [0.3, 0.4) is 0 Å². The summed E-state index contributed by atoms with van der Waals surface area (Å²) in [6.45, 7) is 1.53. The van der Waals surface area contributed by atoms with Crippen molar-refractivity contribution in [3.63, 3.8) is 0 Å². The summed E-state index contributed by atoms with van der Waals surface area (Å²) < 4.78 is 0. The van der Waals surface area contributed by atoms with Gasteiger partial charge in [0.1, 0.15) is 0 Å². The van der Waals surface area contributed by atoms with E-state index in [1.54, 1.807) is 5.01 Å². The molecule has 0 aromatic carbocycles. The van der Waals surface area contributed by atoms with E-state index in [0.717, 1.165) is 25.9 Å². The van der Waals surface area contributed by atoms with E-state index in [4.69, 9.17) is 10.4 Å². The second kappa shape index (κ2) is 3.24. The highest BCUT2D eigenvalue weighted by Crippen LogP contribution is 2.07. The van der Waals surface area contributed by atoms with Crippen molar-refractivity contribution in [3.8, 4) is 0 Å². The fourth-order valence-corrected chi connectivity index (χ4v) is 1.11. The van der Waals surface area contributed by atoms with Gasteiger partial charge >= 0.3 is 0 Å². The van der Waals surface area contributed by atoms with Crippen LogP contribution >= 0.6 is 0 Å². The van der Waals surface area contributed by atoms with Gasteiger partial charge < -0.3 is 5.21 Å². The van der Waals surface area contributed by atoms with E-state index in [9.17, 15) is 0 Å². The van der Waals surface area contributed by atoms with Crippen LogP contribution in [-0.2, 0) is 0 Å². The molecule has 1 heterocycles. The lowest BCUT2D eigenvalue weighted by Gasteiger charge is -2.16. The molecule has 5 nitrogen and oxygen atoms in total. The molecule has 5 heteroatoms. The lowest BCUT2D eigenvalue weighted by Crippen LogP contribution is -2.36. The van der Waals surface area contributed by atoms with E-state index < -0.39 is 0 Å². The maximum Gasteiger partial charge on any atom is 0.271 e. The molecule has 0 aromatic rings. The third-order valence-electron chi connectivity index (χ3n) is 1.67. The first-order chi connectivity index (χ1) is 4.84. The molecule has 1 fully saturated rings. The molecular formula is C5H12N3O2+. The van der Waals surface area contributed by atoms with Gasteiger partial charge in [0.2, 0.25) is 0 Å². The van der Waals surface area contributed by atoms with Gasteiger partial charge in [-0.1, -0.05) is 0 Å². The van der Waals surface area contributed by atoms with Crippen molar-refractivity contribution >= 4 is 0 Å². The van der Waals surface area contributed by atoms with Crippen LogP contribution in [0.4, 0.5) is 0 Å². The van der Waals surface area contributed by atoms with Gasteiger partial charge in [0, 0.05) is 0 Å². The highest BCUT2D eigenvalue weighted by atomic mass is 16.6. The van der Waals surface area contributed by atoms with E-state index in [1.165, 1.54) is 6.42 Å². The molecule has 1 rings (SSSR count). The molecule has 0 amide bonds. The number of hydrogen-bond acceptors (Lipinski definition) is 1. The van der Waals surface area contributed by atoms with Gasteiger partial charge in [0.05, 0.1) is 13.1 Å². The van der Waals surface area contributed by atoms with Crippen LogP contribution in [0.25, 0.3) is 0 Å². The van der Waals surface area contributed by atoms with Crippen LogP contribution in [-0.4, -0.2) is 33.5 Å². The molecule has 0 atom stereocenters. The molecule has 0 radical (unpaired) electrons. The SMILES string of the molecule is ON=[N+](O)N1CCCCC1. The summed E-state index contributed by atoms with van der Waals surface area (Å²) in [5.41, 5.74) is 0. The Hall–Kier alpha value is -1.00. The summed E-state index contributed by atoms with van der Waals surface area (Å²) in [5, 5.41) is 21.2. The second-order valence-electron chi connectivity index (χ2n) is 2.37. The van der Waals surface area contributed by atoms with Gasteiger partial charge in [0.25, 0.3) is 10.2 Å². The number of hydrazine groups is 1. The van der Waals surface area contributed by atoms with Crippen LogP contribution in [0.2, 0.25) is 0 Å². The molecule has 0 unspecified atom stereocenters. The summed E-state index contributed by atoms with van der Waals surface area (Å²) in [4.78, 5) is 0.499. The van der Waals surface area contributed by atoms with Crippen molar-refractivity contribution < 1.29 is 15.4 Å². The summed E-state index contributed by atoms with van der Waals surface area (Å²) >= 11 is 0. The van der Waals surface area contributed by atoms with Crippen molar-refractivity contribution in [1.82, 2.24) is 5.01 Å². The molecule has 0 spiro atoms. The molecule has 0 aliphatic carbocycles. The van der Waals surface area contributed by atoms with Crippen molar-refractivity contribution in [1.29, 1.82) is 0 Å². The Morgan fingerprint density at radius 3 is 2.30 bits per heavy atom. The lowest BCUT2D eigenvalue weighted by atomic mass is 10.2. The number of hydrogen-bond donors (Lipinski definition) is 2. The Morgan fingerprint density at radius 2 is 1.80 bits per heavy atom. The van der Waals surface area contributed by atoms with Gasteiger partial charge in [-0.15, -0.1) is 5.01 Å². The summed E-state index contributed by atoms with van der Waals surface area (Å²) in [6, 6.07) is 0. The molecular weight excluding hydrogens is 134 g/mol. The van der Waals surface area contributed by atoms with Crippen LogP contribution in [0, 0.1) is 0 Å². The standard InChI is InChI=1S/C5H11N3O2/c9-6-8(10)7-4-2-1-3-5-7/h10H,1-5H2/p+1. The average Bonchev–Trinajstić information content (AvgIpc) is 2.05. The van der Waals surface area contributed by atoms with E-state index in [0.29, 0.717) is 4.97 Å². The number of piperidine rings is 1. The minimum absolute atomic E-state index is 0.499. The second-order valence-corrected chi connectivity index (χ2v) is 2.37. The first kappa shape index (κ1) is 7.11. The zero-order valence-electron chi connectivity index (χ0n) is 5.77. The Bertz CT molecular complexity index is 131. The maximum absolute atomic E-state index is 8.83. The van der Waals surface area contributed by atoms with E-state index in [1.807, 2.05) is 0 Å². The molecule has 1 saturated heterocycles. The topological polar surface area (TPSA) is 59.1 Å². The fraction of sp³-hybridized carbons (Fsp3) is 1.00. The van der Waals surface area contributed by atoms with Crippen LogP contribution in [0.1, 0.15) is 19.3 Å². The largest absolute Gasteiger partial charge is 0.357 e. The van der Waals surface area contributed by atoms with Gasteiger partial charge in [-0.25, -0.2) is 5.21 Å². The Balaban J connectivity index is 2.39. The predicted molar refractivity (Wildman–Crippen MR) is 31.7 cm³/mol. The number of rotatable bonds is 1. The molecule has 0 saturated carbocycles. The summed E-state index contributed by atoms with van der Waals surface area (Å²) in [6.07, 6.45) is 3.29. The molecule has 0 aromatic heterocycles. The molecule has 58 valence electrons. The van der Waals surface area contributed by atoms with E-state index in [2.05, 4.69) is 5.28 Å². The molecule has 2 N–H and O–H groups in total. The van der Waals surface area contributed by atoms with Gasteiger partial charge in [-0.2, -0.15) is 0 Å². The Labute approximate surface area is 59.1 Å². The normalized spacial score (nSPS) is 21.2. The predicted octanol–water partition coefficient (Wildman–Crippen LogP) is 0.630. The highest BCUT2D eigenvalue weighted by molar-refractivity contribution is 4.54. The van der Waals surface area contributed by atoms with E-state index >= 15 is 0 Å². The molecule has 1 aliphatic heterocycles. The quantitative estimate of drug-likeness (QED) is 0.324. The molecule has 10 heavy (non-hydrogen) atoms. The third-order valence-corrected chi connectivity index (χ3v) is 1.67. The van der Waals surface area contributed by atoms with Crippen molar-refractivity contribution in [2.24, 2.45) is 5.28 Å². The molecule has 1 aliphatic rings. The van der Waals surface area contributed by atoms with Crippen molar-refractivity contribution in [2.45, 2.75) is 19.3 Å². The minimum Gasteiger partial charge on any atom is -0.357 e. The maximum atomic E-state index is 8.83. The average molecular weight is 146 g/mol. The third kappa shape index (κ3) is 1.49. The first-order valence-electron chi connectivity index (χ1n) is 3.43. The van der Waals surface area contributed by atoms with Crippen LogP contribution < -0.4 is 0 Å². The Morgan fingerprint density at radius 1 is 1.20 bits per heavy atom. The van der Waals surface area contributed by atoms with E-state index in [-0.39, 0.29) is 0 Å². The van der Waals surface area contributed by atoms with Crippen LogP contribution in [0.15, 0.2) is 5.28 Å². The molecule has 0 bridgehead atoms. The van der Waals surface area contributed by atoms with Crippen molar-refractivity contribution in [3.05, 3.63) is 0 Å². The lowest BCUT2D eigenvalue weighted by molar-refractivity contribution is -0.941. The van der Waals surface area contributed by atoms with Gasteiger partial charge in [-0.05, 0) is 19.3 Å². The van der Waals surface area contributed by atoms with Gasteiger partial charge in [0.15, 0.2) is 0 Å². The minimum atomic E-state index is 0.499. The first-order valence-corrected chi connectivity index (χ1v) is 3.43. The van der Waals surface area contributed by atoms with Gasteiger partial charge in [-0.3, -0.25) is 0 Å². The monoisotopic (exact) mass is 146 g/mol. The zero-order chi connectivity index (χ0) is 7.40. The zero-order valence-corrected chi connectivity index (χ0v) is 5.77. The van der Waals surface area contributed by atoms with Crippen molar-refractivity contribution in [2.75, 3.05) is 13.1 Å².